The summed E-state index contributed by atoms with van der Waals surface area (Å²) in [5, 5.41) is -0.358. The lowest BCUT2D eigenvalue weighted by atomic mass is 10.2. The summed E-state index contributed by atoms with van der Waals surface area (Å²) in [7, 11) is -4.30. The van der Waals surface area contributed by atoms with Crippen molar-refractivity contribution in [3.05, 3.63) is 57.0 Å². The molecule has 0 aliphatic rings. The molecule has 0 aliphatic heterocycles. The van der Waals surface area contributed by atoms with Crippen molar-refractivity contribution in [3.8, 4) is 0 Å². The minimum absolute atomic E-state index is 0.0774. The van der Waals surface area contributed by atoms with Crippen molar-refractivity contribution in [2.24, 2.45) is 0 Å². The lowest BCUT2D eigenvalue weighted by Crippen LogP contribution is -2.17. The van der Waals surface area contributed by atoms with E-state index in [0.29, 0.717) is 0 Å². The summed E-state index contributed by atoms with van der Waals surface area (Å²) in [6.45, 7) is 1.36. The van der Waals surface area contributed by atoms with Gasteiger partial charge >= 0.3 is 0 Å². The molecule has 0 saturated heterocycles. The van der Waals surface area contributed by atoms with Crippen LogP contribution < -0.4 is 10.3 Å². The summed E-state index contributed by atoms with van der Waals surface area (Å²) in [6.07, 6.45) is 0.877. The number of aryl methyl sites for hydroxylation is 1. The van der Waals surface area contributed by atoms with Gasteiger partial charge in [-0.05, 0) is 24.6 Å². The number of benzene rings is 1. The highest BCUT2D eigenvalue weighted by Crippen LogP contribution is 2.24. The molecule has 2 rings (SSSR count). The lowest BCUT2D eigenvalue weighted by molar-refractivity contribution is 0.578. The van der Waals surface area contributed by atoms with Crippen molar-refractivity contribution in [1.29, 1.82) is 0 Å². The zero-order valence-corrected chi connectivity index (χ0v) is 12.1. The number of aromatic amines is 1. The van der Waals surface area contributed by atoms with Crippen LogP contribution in [0.5, 0.6) is 0 Å². The molecule has 0 amide bonds. The van der Waals surface area contributed by atoms with Crippen LogP contribution in [0.4, 0.5) is 14.5 Å². The van der Waals surface area contributed by atoms with Crippen molar-refractivity contribution in [3.63, 3.8) is 0 Å². The first kappa shape index (κ1) is 15.5. The van der Waals surface area contributed by atoms with Gasteiger partial charge in [0.05, 0.1) is 0 Å². The number of sulfonamides is 1. The van der Waals surface area contributed by atoms with Crippen LogP contribution in [0.3, 0.4) is 0 Å². The standard InChI is InChI=1S/C12H9ClF2N2O3S/c1-6-2-3-9(14)11(10(6)15)17-21(19,20)7-4-8(13)12(18)16-5-7/h2-5,17H,1H3,(H,16,18). The second-order valence-electron chi connectivity index (χ2n) is 4.17. The molecule has 21 heavy (non-hydrogen) atoms. The molecule has 112 valence electrons. The maximum atomic E-state index is 13.8. The number of aromatic nitrogens is 1. The Labute approximate surface area is 123 Å². The molecule has 1 heterocycles. The van der Waals surface area contributed by atoms with Gasteiger partial charge in [-0.15, -0.1) is 0 Å². The third kappa shape index (κ3) is 3.06. The maximum absolute atomic E-state index is 13.8. The van der Waals surface area contributed by atoms with E-state index in [9.17, 15) is 22.0 Å². The van der Waals surface area contributed by atoms with Crippen molar-refractivity contribution in [2.45, 2.75) is 11.8 Å². The Balaban J connectivity index is 2.49. The Kier molecular flexibility index (Phi) is 4.02. The Morgan fingerprint density at radius 3 is 2.57 bits per heavy atom. The molecular weight excluding hydrogens is 326 g/mol. The number of anilines is 1. The van der Waals surface area contributed by atoms with E-state index in [4.69, 9.17) is 11.6 Å². The monoisotopic (exact) mass is 334 g/mol. The van der Waals surface area contributed by atoms with E-state index < -0.39 is 37.8 Å². The maximum Gasteiger partial charge on any atom is 0.266 e. The fourth-order valence-electron chi connectivity index (χ4n) is 1.54. The molecule has 0 fully saturated rings. The molecule has 5 nitrogen and oxygen atoms in total. The highest BCUT2D eigenvalue weighted by atomic mass is 35.5. The number of rotatable bonds is 3. The van der Waals surface area contributed by atoms with Crippen LogP contribution in [0.1, 0.15) is 5.56 Å². The Morgan fingerprint density at radius 1 is 1.29 bits per heavy atom. The quantitative estimate of drug-likeness (QED) is 0.904. The molecule has 0 atom stereocenters. The van der Waals surface area contributed by atoms with Gasteiger partial charge in [0.2, 0.25) is 0 Å². The van der Waals surface area contributed by atoms with Crippen LogP contribution in [-0.2, 0) is 10.0 Å². The average Bonchev–Trinajstić information content (AvgIpc) is 2.42. The largest absolute Gasteiger partial charge is 0.326 e. The predicted molar refractivity (Wildman–Crippen MR) is 74.0 cm³/mol. The summed E-state index contributed by atoms with van der Waals surface area (Å²) in [6, 6.07) is 3.00. The Hall–Kier alpha value is -1.93. The first-order chi connectivity index (χ1) is 9.72. The van der Waals surface area contributed by atoms with E-state index in [2.05, 4.69) is 4.98 Å². The fourth-order valence-corrected chi connectivity index (χ4v) is 2.83. The molecule has 0 aliphatic carbocycles. The van der Waals surface area contributed by atoms with Crippen molar-refractivity contribution in [2.75, 3.05) is 4.72 Å². The third-order valence-corrected chi connectivity index (χ3v) is 4.27. The SMILES string of the molecule is Cc1ccc(F)c(NS(=O)(=O)c2c[nH]c(=O)c(Cl)c2)c1F. The molecule has 0 bridgehead atoms. The lowest BCUT2D eigenvalue weighted by Gasteiger charge is -2.11. The van der Waals surface area contributed by atoms with Gasteiger partial charge in [-0.2, -0.15) is 0 Å². The smallest absolute Gasteiger partial charge is 0.266 e. The van der Waals surface area contributed by atoms with Gasteiger partial charge in [0.1, 0.15) is 21.4 Å². The summed E-state index contributed by atoms with van der Waals surface area (Å²) in [4.78, 5) is 12.8. The predicted octanol–water partition coefficient (Wildman–Crippen LogP) is 2.42. The number of hydrogen-bond donors (Lipinski definition) is 2. The van der Waals surface area contributed by atoms with Crippen LogP contribution in [0.15, 0.2) is 34.1 Å². The molecule has 1 aromatic carbocycles. The molecule has 1 aromatic heterocycles. The molecule has 0 radical (unpaired) electrons. The summed E-state index contributed by atoms with van der Waals surface area (Å²) >= 11 is 5.53. The van der Waals surface area contributed by atoms with Gasteiger partial charge in [-0.3, -0.25) is 9.52 Å². The molecule has 9 heteroatoms. The average molecular weight is 335 g/mol. The van der Waals surface area contributed by atoms with E-state index in [1.807, 2.05) is 0 Å². The van der Waals surface area contributed by atoms with E-state index >= 15 is 0 Å². The topological polar surface area (TPSA) is 79.0 Å². The third-order valence-electron chi connectivity index (χ3n) is 2.66. The van der Waals surface area contributed by atoms with Crippen molar-refractivity contribution in [1.82, 2.24) is 4.98 Å². The second kappa shape index (κ2) is 5.45. The fraction of sp³-hybridized carbons (Fsp3) is 0.0833. The zero-order chi connectivity index (χ0) is 15.8. The molecule has 2 N–H and O–H groups in total. The minimum Gasteiger partial charge on any atom is -0.326 e. The van der Waals surface area contributed by atoms with Crippen LogP contribution >= 0.6 is 11.6 Å². The van der Waals surface area contributed by atoms with Gasteiger partial charge in [-0.1, -0.05) is 17.7 Å². The van der Waals surface area contributed by atoms with Gasteiger partial charge in [0.25, 0.3) is 15.6 Å². The van der Waals surface area contributed by atoms with E-state index in [1.165, 1.54) is 13.0 Å². The molecule has 0 saturated carbocycles. The Morgan fingerprint density at radius 2 is 1.95 bits per heavy atom. The van der Waals surface area contributed by atoms with E-state index in [-0.39, 0.29) is 10.6 Å². The van der Waals surface area contributed by atoms with Crippen LogP contribution in [0.2, 0.25) is 5.02 Å². The van der Waals surface area contributed by atoms with Gasteiger partial charge < -0.3 is 4.98 Å². The summed E-state index contributed by atoms with van der Waals surface area (Å²) in [5.41, 5.74) is -1.39. The molecular formula is C12H9ClF2N2O3S. The summed E-state index contributed by atoms with van der Waals surface area (Å²) < 4.78 is 53.3. The highest BCUT2D eigenvalue weighted by molar-refractivity contribution is 7.92. The van der Waals surface area contributed by atoms with E-state index in [0.717, 1.165) is 18.3 Å². The second-order valence-corrected chi connectivity index (χ2v) is 6.26. The highest BCUT2D eigenvalue weighted by Gasteiger charge is 2.21. The van der Waals surface area contributed by atoms with Crippen LogP contribution in [0, 0.1) is 18.6 Å². The van der Waals surface area contributed by atoms with Crippen molar-refractivity contribution < 1.29 is 17.2 Å². The number of hydrogen-bond acceptors (Lipinski definition) is 3. The minimum atomic E-state index is -4.30. The first-order valence-electron chi connectivity index (χ1n) is 5.58. The summed E-state index contributed by atoms with van der Waals surface area (Å²) in [5.74, 6) is -2.08. The molecule has 0 unspecified atom stereocenters. The number of H-pyrrole nitrogens is 1. The van der Waals surface area contributed by atoms with Gasteiger partial charge in [0, 0.05) is 6.20 Å². The first-order valence-corrected chi connectivity index (χ1v) is 7.44. The number of pyridine rings is 1. The number of halogens is 3. The van der Waals surface area contributed by atoms with Crippen molar-refractivity contribution >= 4 is 27.3 Å². The Bertz CT molecular complexity index is 865. The number of nitrogens with one attached hydrogen (secondary N) is 2. The van der Waals surface area contributed by atoms with Gasteiger partial charge in [-0.25, -0.2) is 17.2 Å². The van der Waals surface area contributed by atoms with Gasteiger partial charge in [0.15, 0.2) is 5.82 Å². The van der Waals surface area contributed by atoms with Crippen LogP contribution in [0.25, 0.3) is 0 Å². The molecule has 2 aromatic rings. The molecule has 0 spiro atoms. The van der Waals surface area contributed by atoms with E-state index in [1.54, 1.807) is 4.72 Å². The van der Waals surface area contributed by atoms with Crippen LogP contribution in [-0.4, -0.2) is 13.4 Å². The normalized spacial score (nSPS) is 11.4. The zero-order valence-electron chi connectivity index (χ0n) is 10.6.